The van der Waals surface area contributed by atoms with Crippen molar-refractivity contribution < 1.29 is 22.0 Å². The quantitative estimate of drug-likeness (QED) is 0.760. The van der Waals surface area contributed by atoms with Crippen LogP contribution in [0.1, 0.15) is 22.7 Å². The lowest BCUT2D eigenvalue weighted by atomic mass is 9.97. The summed E-state index contributed by atoms with van der Waals surface area (Å²) in [6, 6.07) is 5.29. The van der Waals surface area contributed by atoms with Gasteiger partial charge in [-0.15, -0.1) is 0 Å². The number of alkyl halides is 3. The van der Waals surface area contributed by atoms with Gasteiger partial charge in [0, 0.05) is 4.47 Å². The SMILES string of the molecule is NC(c1cc(F)cc(Br)c1)c1ccc(F)c(C(F)(F)F)c1. The minimum Gasteiger partial charge on any atom is -0.320 e. The smallest absolute Gasteiger partial charge is 0.320 e. The van der Waals surface area contributed by atoms with Gasteiger partial charge >= 0.3 is 6.18 Å². The Hall–Kier alpha value is -1.47. The monoisotopic (exact) mass is 365 g/mol. The Balaban J connectivity index is 2.46. The van der Waals surface area contributed by atoms with E-state index in [1.807, 2.05) is 0 Å². The minimum atomic E-state index is -4.82. The minimum absolute atomic E-state index is 0.0428. The zero-order valence-corrected chi connectivity index (χ0v) is 12.0. The molecular formula is C14H9BrF5N. The lowest BCUT2D eigenvalue weighted by Gasteiger charge is -2.16. The van der Waals surface area contributed by atoms with Crippen LogP contribution < -0.4 is 5.73 Å². The van der Waals surface area contributed by atoms with Gasteiger partial charge in [0.1, 0.15) is 11.6 Å². The van der Waals surface area contributed by atoms with E-state index in [9.17, 15) is 22.0 Å². The summed E-state index contributed by atoms with van der Waals surface area (Å²) in [5, 5.41) is 0. The Morgan fingerprint density at radius 1 is 0.952 bits per heavy atom. The maximum Gasteiger partial charge on any atom is 0.419 e. The van der Waals surface area contributed by atoms with Crippen molar-refractivity contribution in [2.75, 3.05) is 0 Å². The molecule has 0 aliphatic rings. The first-order valence-corrected chi connectivity index (χ1v) is 6.56. The second kappa shape index (κ2) is 5.73. The molecule has 0 spiro atoms. The number of nitrogens with two attached hydrogens (primary N) is 1. The molecule has 2 rings (SSSR count). The van der Waals surface area contributed by atoms with E-state index in [1.54, 1.807) is 0 Å². The number of rotatable bonds is 2. The normalized spacial score (nSPS) is 13.3. The molecule has 0 radical (unpaired) electrons. The molecule has 0 saturated carbocycles. The van der Waals surface area contributed by atoms with Crippen LogP contribution in [0.3, 0.4) is 0 Å². The highest BCUT2D eigenvalue weighted by Gasteiger charge is 2.34. The van der Waals surface area contributed by atoms with Crippen LogP contribution in [0.5, 0.6) is 0 Å². The van der Waals surface area contributed by atoms with Crippen LogP contribution in [0.4, 0.5) is 22.0 Å². The summed E-state index contributed by atoms with van der Waals surface area (Å²) in [6.45, 7) is 0. The van der Waals surface area contributed by atoms with Crippen LogP contribution in [0.25, 0.3) is 0 Å². The summed E-state index contributed by atoms with van der Waals surface area (Å²) < 4.78 is 65.0. The molecule has 2 N–H and O–H groups in total. The first kappa shape index (κ1) is 15.9. The second-order valence-electron chi connectivity index (χ2n) is 4.42. The Kier molecular flexibility index (Phi) is 4.34. The van der Waals surface area contributed by atoms with Crippen molar-refractivity contribution in [3.8, 4) is 0 Å². The first-order chi connectivity index (χ1) is 9.68. The summed E-state index contributed by atoms with van der Waals surface area (Å²) >= 11 is 3.08. The van der Waals surface area contributed by atoms with Gasteiger partial charge in [0.25, 0.3) is 0 Å². The van der Waals surface area contributed by atoms with E-state index in [1.165, 1.54) is 12.1 Å². The molecule has 112 valence electrons. The van der Waals surface area contributed by atoms with Gasteiger partial charge in [0.2, 0.25) is 0 Å². The van der Waals surface area contributed by atoms with Crippen LogP contribution in [0.15, 0.2) is 40.9 Å². The van der Waals surface area contributed by atoms with Gasteiger partial charge < -0.3 is 5.73 Å². The van der Waals surface area contributed by atoms with E-state index in [0.29, 0.717) is 16.6 Å². The van der Waals surface area contributed by atoms with Crippen molar-refractivity contribution in [1.29, 1.82) is 0 Å². The Bertz CT molecular complexity index is 649. The molecule has 21 heavy (non-hydrogen) atoms. The average molecular weight is 366 g/mol. The largest absolute Gasteiger partial charge is 0.419 e. The number of hydrogen-bond acceptors (Lipinski definition) is 1. The molecule has 0 aliphatic heterocycles. The molecule has 2 aromatic carbocycles. The molecule has 1 atom stereocenters. The number of halogens is 6. The molecule has 0 aliphatic carbocycles. The molecule has 1 nitrogen and oxygen atoms in total. The standard InChI is InChI=1S/C14H9BrF5N/c15-9-3-8(4-10(16)6-9)13(21)7-1-2-12(17)11(5-7)14(18,19)20/h1-6,13H,21H2. The zero-order chi connectivity index (χ0) is 15.8. The Morgan fingerprint density at radius 3 is 2.19 bits per heavy atom. The van der Waals surface area contributed by atoms with Gasteiger partial charge in [-0.05, 0) is 41.5 Å². The van der Waals surface area contributed by atoms with Crippen molar-refractivity contribution in [3.05, 3.63) is 69.2 Å². The van der Waals surface area contributed by atoms with E-state index < -0.39 is 29.4 Å². The lowest BCUT2D eigenvalue weighted by Crippen LogP contribution is -2.15. The van der Waals surface area contributed by atoms with Crippen molar-refractivity contribution in [1.82, 2.24) is 0 Å². The van der Waals surface area contributed by atoms with Gasteiger partial charge in [-0.2, -0.15) is 13.2 Å². The van der Waals surface area contributed by atoms with Crippen LogP contribution in [-0.4, -0.2) is 0 Å². The summed E-state index contributed by atoms with van der Waals surface area (Å²) in [6.07, 6.45) is -4.82. The average Bonchev–Trinajstić information content (AvgIpc) is 2.36. The molecule has 0 bridgehead atoms. The number of hydrogen-bond donors (Lipinski definition) is 1. The predicted molar refractivity (Wildman–Crippen MR) is 71.5 cm³/mol. The molecular weight excluding hydrogens is 357 g/mol. The third kappa shape index (κ3) is 3.59. The highest BCUT2D eigenvalue weighted by atomic mass is 79.9. The van der Waals surface area contributed by atoms with Gasteiger partial charge in [0.05, 0.1) is 11.6 Å². The second-order valence-corrected chi connectivity index (χ2v) is 5.33. The maximum absolute atomic E-state index is 13.3. The van der Waals surface area contributed by atoms with Gasteiger partial charge in [0.15, 0.2) is 0 Å². The first-order valence-electron chi connectivity index (χ1n) is 5.76. The third-order valence-corrected chi connectivity index (χ3v) is 3.36. The summed E-state index contributed by atoms with van der Waals surface area (Å²) in [5.74, 6) is -1.95. The van der Waals surface area contributed by atoms with E-state index in [0.717, 1.165) is 12.1 Å². The predicted octanol–water partition coefficient (Wildman–Crippen LogP) is 4.79. The van der Waals surface area contributed by atoms with Crippen molar-refractivity contribution in [3.63, 3.8) is 0 Å². The van der Waals surface area contributed by atoms with E-state index >= 15 is 0 Å². The topological polar surface area (TPSA) is 26.0 Å². The van der Waals surface area contributed by atoms with Gasteiger partial charge in [-0.1, -0.05) is 22.0 Å². The third-order valence-electron chi connectivity index (χ3n) is 2.90. The van der Waals surface area contributed by atoms with Crippen LogP contribution in [-0.2, 0) is 6.18 Å². The van der Waals surface area contributed by atoms with Crippen LogP contribution in [0.2, 0.25) is 0 Å². The molecule has 0 saturated heterocycles. The fourth-order valence-electron chi connectivity index (χ4n) is 1.90. The molecule has 0 heterocycles. The van der Waals surface area contributed by atoms with E-state index in [2.05, 4.69) is 15.9 Å². The Morgan fingerprint density at radius 2 is 1.62 bits per heavy atom. The van der Waals surface area contributed by atoms with Crippen molar-refractivity contribution in [2.24, 2.45) is 5.73 Å². The maximum atomic E-state index is 13.3. The highest BCUT2D eigenvalue weighted by Crippen LogP contribution is 2.34. The van der Waals surface area contributed by atoms with Crippen molar-refractivity contribution in [2.45, 2.75) is 12.2 Å². The highest BCUT2D eigenvalue weighted by molar-refractivity contribution is 9.10. The zero-order valence-electron chi connectivity index (χ0n) is 10.4. The summed E-state index contributed by atoms with van der Waals surface area (Å²) in [5.41, 5.74) is 4.76. The van der Waals surface area contributed by atoms with Crippen LogP contribution in [0, 0.1) is 11.6 Å². The summed E-state index contributed by atoms with van der Waals surface area (Å²) in [4.78, 5) is 0. The van der Waals surface area contributed by atoms with Gasteiger partial charge in [-0.25, -0.2) is 8.78 Å². The number of benzene rings is 2. The molecule has 0 amide bonds. The summed E-state index contributed by atoms with van der Waals surface area (Å²) in [7, 11) is 0. The lowest BCUT2D eigenvalue weighted by molar-refractivity contribution is -0.140. The molecule has 2 aromatic rings. The fraction of sp³-hybridized carbons (Fsp3) is 0.143. The van der Waals surface area contributed by atoms with Crippen LogP contribution >= 0.6 is 15.9 Å². The van der Waals surface area contributed by atoms with Crippen molar-refractivity contribution >= 4 is 15.9 Å². The fourth-order valence-corrected chi connectivity index (χ4v) is 2.38. The molecule has 7 heteroatoms. The molecule has 0 aromatic heterocycles. The van der Waals surface area contributed by atoms with E-state index in [-0.39, 0.29) is 11.1 Å². The molecule has 1 unspecified atom stereocenters. The van der Waals surface area contributed by atoms with Gasteiger partial charge in [-0.3, -0.25) is 0 Å². The Labute approximate surface area is 125 Å². The van der Waals surface area contributed by atoms with E-state index in [4.69, 9.17) is 5.73 Å². The molecule has 0 fully saturated rings.